The van der Waals surface area contributed by atoms with Crippen LogP contribution in [-0.4, -0.2) is 59.3 Å². The number of aromatic nitrogens is 8. The molecule has 4 N–H and O–H groups in total. The number of fused-ring (bicyclic) bond motifs is 1. The number of rotatable bonds is 5. The Morgan fingerprint density at radius 2 is 2.17 bits per heavy atom. The molecule has 1 amide bonds. The molecule has 1 aromatic carbocycles. The molecule has 0 unspecified atom stereocenters. The van der Waals surface area contributed by atoms with Crippen molar-refractivity contribution in [3.05, 3.63) is 30.6 Å². The fourth-order valence-corrected chi connectivity index (χ4v) is 3.22. The van der Waals surface area contributed by atoms with Crippen LogP contribution in [0.2, 0.25) is 0 Å². The summed E-state index contributed by atoms with van der Waals surface area (Å²) in [6, 6.07) is 7.44. The molecule has 12 heteroatoms. The number of aromatic amines is 1. The highest BCUT2D eigenvalue weighted by Crippen LogP contribution is 2.25. The third kappa shape index (κ3) is 3.27. The van der Waals surface area contributed by atoms with E-state index in [1.807, 2.05) is 24.3 Å². The highest BCUT2D eigenvalue weighted by atomic mass is 16.2. The zero-order valence-electron chi connectivity index (χ0n) is 16.1. The number of anilines is 3. The summed E-state index contributed by atoms with van der Waals surface area (Å²) in [5.74, 6) is 1.33. The van der Waals surface area contributed by atoms with Crippen molar-refractivity contribution in [1.82, 2.24) is 45.5 Å². The van der Waals surface area contributed by atoms with Crippen molar-refractivity contribution in [2.75, 3.05) is 17.7 Å². The van der Waals surface area contributed by atoms with Gasteiger partial charge < -0.3 is 16.0 Å². The van der Waals surface area contributed by atoms with E-state index in [1.54, 1.807) is 7.05 Å². The molecule has 3 heterocycles. The van der Waals surface area contributed by atoms with Crippen LogP contribution in [0.15, 0.2) is 30.6 Å². The number of tetrazole rings is 1. The van der Waals surface area contributed by atoms with Gasteiger partial charge in [-0.3, -0.25) is 0 Å². The number of carbonyl (C=O) groups excluding carboxylic acids is 1. The molecule has 1 aliphatic rings. The minimum atomic E-state index is -0.243. The number of H-pyrrole nitrogens is 1. The first-order valence-electron chi connectivity index (χ1n) is 9.56. The molecular weight excluding hydrogens is 386 g/mol. The molecule has 0 radical (unpaired) electrons. The maximum atomic E-state index is 12.7. The number of nitrogens with zero attached hydrogens (tertiary/aromatic N) is 7. The van der Waals surface area contributed by atoms with E-state index in [-0.39, 0.29) is 12.1 Å². The molecule has 0 saturated heterocycles. The molecule has 1 saturated carbocycles. The second kappa shape index (κ2) is 7.39. The second-order valence-corrected chi connectivity index (χ2v) is 6.95. The predicted octanol–water partition coefficient (Wildman–Crippen LogP) is 1.90. The number of carbonyl (C=O) groups is 1. The maximum absolute atomic E-state index is 12.7. The lowest BCUT2D eigenvalue weighted by Crippen LogP contribution is -2.41. The average molecular weight is 405 g/mol. The van der Waals surface area contributed by atoms with Crippen molar-refractivity contribution in [2.24, 2.45) is 0 Å². The summed E-state index contributed by atoms with van der Waals surface area (Å²) in [7, 11) is 1.75. The van der Waals surface area contributed by atoms with E-state index in [9.17, 15) is 4.79 Å². The summed E-state index contributed by atoms with van der Waals surface area (Å²) >= 11 is 0. The van der Waals surface area contributed by atoms with Crippen molar-refractivity contribution in [1.29, 1.82) is 0 Å². The van der Waals surface area contributed by atoms with Gasteiger partial charge in [0.15, 0.2) is 17.0 Å². The summed E-state index contributed by atoms with van der Waals surface area (Å²) in [5, 5.41) is 23.2. The Bertz CT molecular complexity index is 1200. The van der Waals surface area contributed by atoms with Crippen LogP contribution < -0.4 is 16.0 Å². The Labute approximate surface area is 170 Å². The van der Waals surface area contributed by atoms with E-state index in [4.69, 9.17) is 0 Å². The number of hydrogen-bond acceptors (Lipinski definition) is 9. The van der Waals surface area contributed by atoms with Gasteiger partial charge in [0.2, 0.25) is 11.8 Å². The topological polar surface area (TPSA) is 151 Å². The van der Waals surface area contributed by atoms with Crippen LogP contribution in [0, 0.1) is 0 Å². The van der Waals surface area contributed by atoms with Gasteiger partial charge in [-0.25, -0.2) is 14.3 Å². The van der Waals surface area contributed by atoms with Gasteiger partial charge >= 0.3 is 6.03 Å². The van der Waals surface area contributed by atoms with Crippen molar-refractivity contribution in [3.63, 3.8) is 0 Å². The first-order valence-corrected chi connectivity index (χ1v) is 9.56. The Kier molecular flexibility index (Phi) is 4.42. The van der Waals surface area contributed by atoms with E-state index < -0.39 is 0 Å². The molecule has 1 fully saturated rings. The van der Waals surface area contributed by atoms with Crippen molar-refractivity contribution < 1.29 is 4.79 Å². The van der Waals surface area contributed by atoms with E-state index >= 15 is 0 Å². The van der Waals surface area contributed by atoms with Gasteiger partial charge in [0.1, 0.15) is 6.33 Å². The van der Waals surface area contributed by atoms with Crippen molar-refractivity contribution in [2.45, 2.75) is 25.3 Å². The van der Waals surface area contributed by atoms with Gasteiger partial charge in [0.25, 0.3) is 0 Å². The molecule has 0 bridgehead atoms. The highest BCUT2D eigenvalue weighted by Gasteiger charge is 2.22. The molecule has 152 valence electrons. The third-order valence-corrected chi connectivity index (χ3v) is 5.01. The summed E-state index contributed by atoms with van der Waals surface area (Å²) in [6.45, 7) is 0. The number of benzene rings is 1. The minimum absolute atomic E-state index is 0.214. The molecule has 12 nitrogen and oxygen atoms in total. The summed E-state index contributed by atoms with van der Waals surface area (Å²) in [6.07, 6.45) is 4.60. The Morgan fingerprint density at radius 3 is 2.90 bits per heavy atom. The molecule has 30 heavy (non-hydrogen) atoms. The largest absolute Gasteiger partial charge is 0.371 e. The normalized spacial score (nSPS) is 13.8. The van der Waals surface area contributed by atoms with Crippen LogP contribution in [0.25, 0.3) is 22.6 Å². The van der Waals surface area contributed by atoms with Crippen LogP contribution in [0.3, 0.4) is 0 Å². The molecule has 4 aromatic rings. The lowest BCUT2D eigenvalue weighted by Gasteiger charge is -2.26. The van der Waals surface area contributed by atoms with Crippen LogP contribution >= 0.6 is 0 Å². The molecule has 0 atom stereocenters. The Morgan fingerprint density at radius 1 is 1.27 bits per heavy atom. The maximum Gasteiger partial charge on any atom is 0.328 e. The Balaban J connectivity index is 1.48. The van der Waals surface area contributed by atoms with E-state index in [2.05, 4.69) is 51.5 Å². The Hall–Kier alpha value is -4.09. The average Bonchev–Trinajstić information content (AvgIpc) is 3.40. The van der Waals surface area contributed by atoms with Crippen LogP contribution in [-0.2, 0) is 0 Å². The van der Waals surface area contributed by atoms with Crippen LogP contribution in [0.4, 0.5) is 22.2 Å². The fourth-order valence-electron chi connectivity index (χ4n) is 3.22. The predicted molar refractivity (Wildman–Crippen MR) is 109 cm³/mol. The zero-order valence-corrected chi connectivity index (χ0v) is 16.1. The zero-order chi connectivity index (χ0) is 20.5. The highest BCUT2D eigenvalue weighted by molar-refractivity contribution is 5.92. The van der Waals surface area contributed by atoms with Gasteiger partial charge in [0, 0.05) is 24.3 Å². The van der Waals surface area contributed by atoms with Crippen LogP contribution in [0.1, 0.15) is 19.3 Å². The molecule has 1 aliphatic carbocycles. The van der Waals surface area contributed by atoms with E-state index in [0.717, 1.165) is 30.5 Å². The number of nitrogens with one attached hydrogen (secondary N) is 4. The lowest BCUT2D eigenvalue weighted by atomic mass is 9.93. The van der Waals surface area contributed by atoms with Gasteiger partial charge in [-0.05, 0) is 36.6 Å². The molecule has 0 aliphatic heterocycles. The summed E-state index contributed by atoms with van der Waals surface area (Å²) in [4.78, 5) is 26.0. The first-order chi connectivity index (χ1) is 14.7. The van der Waals surface area contributed by atoms with Crippen molar-refractivity contribution in [3.8, 4) is 11.4 Å². The summed E-state index contributed by atoms with van der Waals surface area (Å²) in [5.41, 5.74) is 2.47. The van der Waals surface area contributed by atoms with Crippen molar-refractivity contribution >= 4 is 34.6 Å². The number of imidazole rings is 1. The first kappa shape index (κ1) is 18.0. The molecule has 0 spiro atoms. The smallest absolute Gasteiger partial charge is 0.328 e. The fraction of sp³-hybridized carbons (Fsp3) is 0.278. The third-order valence-electron chi connectivity index (χ3n) is 5.01. The summed E-state index contributed by atoms with van der Waals surface area (Å²) < 4.78 is 1.41. The van der Waals surface area contributed by atoms with Gasteiger partial charge in [-0.2, -0.15) is 15.2 Å². The second-order valence-electron chi connectivity index (χ2n) is 6.95. The molecular formula is C18H19N11O. The SMILES string of the molecule is CNc1nc(Nc2cccc(-c3nn[nH]n3)c2)nc2c1ncn2C(=O)NC1CCC1. The van der Waals surface area contributed by atoms with Crippen LogP contribution in [0.5, 0.6) is 0 Å². The number of hydrogen-bond donors (Lipinski definition) is 4. The van der Waals surface area contributed by atoms with Gasteiger partial charge in [0.05, 0.1) is 0 Å². The molecule has 5 rings (SSSR count). The van der Waals surface area contributed by atoms with E-state index in [1.165, 1.54) is 10.9 Å². The molecule has 3 aromatic heterocycles. The quantitative estimate of drug-likeness (QED) is 0.390. The number of amides is 1. The lowest BCUT2D eigenvalue weighted by molar-refractivity contribution is 0.230. The van der Waals surface area contributed by atoms with Gasteiger partial charge in [-0.1, -0.05) is 12.1 Å². The minimum Gasteiger partial charge on any atom is -0.371 e. The standard InChI is InChI=1S/C18H19N11O/c1-19-15-13-16(29(9-20-13)18(30)22-11-5-3-6-11)24-17(23-15)21-12-7-2-4-10(8-12)14-25-27-28-26-14/h2,4,7-9,11H,3,5-6H2,1H3,(H,22,30)(H2,19,21,23,24)(H,25,26,27,28). The monoisotopic (exact) mass is 405 g/mol. The van der Waals surface area contributed by atoms with Gasteiger partial charge in [-0.15, -0.1) is 10.2 Å². The van der Waals surface area contributed by atoms with E-state index in [0.29, 0.717) is 28.8 Å².